The fourth-order valence-electron chi connectivity index (χ4n) is 1.89. The topological polar surface area (TPSA) is 45.5 Å². The van der Waals surface area contributed by atoms with Gasteiger partial charge in [0.25, 0.3) is 0 Å². The minimum atomic E-state index is 0.246. The molecule has 0 spiro atoms. The summed E-state index contributed by atoms with van der Waals surface area (Å²) in [6.07, 6.45) is 1.49. The highest BCUT2D eigenvalue weighted by molar-refractivity contribution is 5.76. The molecule has 0 aromatic carbocycles. The second kappa shape index (κ2) is 7.93. The van der Waals surface area contributed by atoms with E-state index in [9.17, 15) is 4.79 Å². The van der Waals surface area contributed by atoms with Gasteiger partial charge in [-0.25, -0.2) is 0 Å². The van der Waals surface area contributed by atoms with E-state index in [-0.39, 0.29) is 5.91 Å². The molecule has 18 heavy (non-hydrogen) atoms. The molecular formula is C14H24N2O2. The van der Waals surface area contributed by atoms with Crippen LogP contribution in [-0.2, 0) is 11.3 Å². The zero-order chi connectivity index (χ0) is 13.4. The number of carbonyl (C=O) groups excluding carboxylic acids is 1. The second-order valence-electron chi connectivity index (χ2n) is 4.36. The van der Waals surface area contributed by atoms with Gasteiger partial charge in [-0.3, -0.25) is 4.79 Å². The Kier molecular flexibility index (Phi) is 6.50. The van der Waals surface area contributed by atoms with E-state index in [0.717, 1.165) is 44.1 Å². The highest BCUT2D eigenvalue weighted by atomic mass is 16.3. The molecule has 0 unspecified atom stereocenters. The normalized spacial score (nSPS) is 10.6. The van der Waals surface area contributed by atoms with Crippen LogP contribution >= 0.6 is 0 Å². The number of carbonyl (C=O) groups is 1. The summed E-state index contributed by atoms with van der Waals surface area (Å²) in [6.45, 7) is 9.13. The van der Waals surface area contributed by atoms with Gasteiger partial charge in [0, 0.05) is 19.5 Å². The lowest BCUT2D eigenvalue weighted by Crippen LogP contribution is -2.30. The Morgan fingerprint density at radius 2 is 2.06 bits per heavy atom. The minimum absolute atomic E-state index is 0.246. The van der Waals surface area contributed by atoms with Crippen molar-refractivity contribution in [3.8, 4) is 0 Å². The molecule has 0 radical (unpaired) electrons. The molecule has 102 valence electrons. The van der Waals surface area contributed by atoms with Gasteiger partial charge in [0.15, 0.2) is 0 Å². The van der Waals surface area contributed by atoms with Crippen molar-refractivity contribution in [3.05, 3.63) is 23.7 Å². The molecule has 0 aliphatic heterocycles. The van der Waals surface area contributed by atoms with Crippen molar-refractivity contribution in [2.75, 3.05) is 19.6 Å². The van der Waals surface area contributed by atoms with Gasteiger partial charge in [0.2, 0.25) is 5.91 Å². The van der Waals surface area contributed by atoms with E-state index in [1.54, 1.807) is 0 Å². The smallest absolute Gasteiger partial charge is 0.222 e. The monoisotopic (exact) mass is 252 g/mol. The van der Waals surface area contributed by atoms with Gasteiger partial charge in [-0.1, -0.05) is 0 Å². The average Bonchev–Trinajstić information content (AvgIpc) is 2.76. The number of hydrogen-bond donors (Lipinski definition) is 1. The predicted octanol–water partition coefficient (Wildman–Crippen LogP) is 2.33. The number of rotatable bonds is 8. The van der Waals surface area contributed by atoms with Crippen LogP contribution in [0.25, 0.3) is 0 Å². The molecule has 0 aliphatic rings. The van der Waals surface area contributed by atoms with Gasteiger partial charge in [-0.05, 0) is 45.9 Å². The maximum absolute atomic E-state index is 11.7. The molecule has 0 saturated heterocycles. The van der Waals surface area contributed by atoms with E-state index in [1.807, 2.05) is 37.8 Å². The quantitative estimate of drug-likeness (QED) is 0.722. The molecule has 1 N–H and O–H groups in total. The summed E-state index contributed by atoms with van der Waals surface area (Å²) in [7, 11) is 0. The van der Waals surface area contributed by atoms with E-state index in [1.165, 1.54) is 0 Å². The molecule has 1 aromatic heterocycles. The van der Waals surface area contributed by atoms with E-state index in [4.69, 9.17) is 4.42 Å². The Labute approximate surface area is 109 Å². The van der Waals surface area contributed by atoms with Gasteiger partial charge in [0.1, 0.15) is 11.5 Å². The Morgan fingerprint density at radius 1 is 1.33 bits per heavy atom. The maximum atomic E-state index is 11.7. The Bertz CT molecular complexity index is 356. The van der Waals surface area contributed by atoms with Crippen LogP contribution in [0.3, 0.4) is 0 Å². The molecule has 4 nitrogen and oxygen atoms in total. The number of hydrogen-bond acceptors (Lipinski definition) is 3. The molecule has 0 saturated carbocycles. The highest BCUT2D eigenvalue weighted by Gasteiger charge is 2.08. The molecule has 1 rings (SSSR count). The van der Waals surface area contributed by atoms with Crippen molar-refractivity contribution in [1.82, 2.24) is 10.2 Å². The van der Waals surface area contributed by atoms with Crippen molar-refractivity contribution in [3.63, 3.8) is 0 Å². The van der Waals surface area contributed by atoms with Crippen LogP contribution in [0.1, 0.15) is 38.2 Å². The van der Waals surface area contributed by atoms with E-state index in [2.05, 4.69) is 5.32 Å². The summed E-state index contributed by atoms with van der Waals surface area (Å²) in [4.78, 5) is 13.6. The standard InChI is InChI=1S/C14H24N2O2/c1-4-16(5-2)14(17)7-6-10-15-11-13-9-8-12(3)18-13/h8-9,15H,4-7,10-11H2,1-3H3. The molecule has 0 aliphatic carbocycles. The first-order valence-electron chi connectivity index (χ1n) is 6.71. The number of nitrogens with zero attached hydrogens (tertiary/aromatic N) is 1. The van der Waals surface area contributed by atoms with Gasteiger partial charge >= 0.3 is 0 Å². The molecule has 0 atom stereocenters. The number of furan rings is 1. The summed E-state index contributed by atoms with van der Waals surface area (Å²) in [5, 5.41) is 3.28. The first-order valence-corrected chi connectivity index (χ1v) is 6.71. The van der Waals surface area contributed by atoms with Crippen LogP contribution in [-0.4, -0.2) is 30.4 Å². The van der Waals surface area contributed by atoms with Crippen LogP contribution in [0.15, 0.2) is 16.5 Å². The lowest BCUT2D eigenvalue weighted by atomic mass is 10.2. The van der Waals surface area contributed by atoms with E-state index >= 15 is 0 Å². The lowest BCUT2D eigenvalue weighted by molar-refractivity contribution is -0.130. The highest BCUT2D eigenvalue weighted by Crippen LogP contribution is 2.05. The van der Waals surface area contributed by atoms with Gasteiger partial charge in [-0.2, -0.15) is 0 Å². The van der Waals surface area contributed by atoms with Crippen LogP contribution in [0, 0.1) is 6.92 Å². The largest absolute Gasteiger partial charge is 0.465 e. The zero-order valence-corrected chi connectivity index (χ0v) is 11.7. The van der Waals surface area contributed by atoms with Crippen molar-refractivity contribution in [2.45, 2.75) is 40.2 Å². The summed E-state index contributed by atoms with van der Waals surface area (Å²) < 4.78 is 5.45. The third kappa shape index (κ3) is 4.92. The van der Waals surface area contributed by atoms with Crippen LogP contribution in [0.2, 0.25) is 0 Å². The first-order chi connectivity index (χ1) is 8.67. The Hall–Kier alpha value is -1.29. The molecule has 1 aromatic rings. The number of nitrogens with one attached hydrogen (secondary N) is 1. The fraction of sp³-hybridized carbons (Fsp3) is 0.643. The number of amides is 1. The minimum Gasteiger partial charge on any atom is -0.465 e. The Balaban J connectivity index is 2.10. The Morgan fingerprint density at radius 3 is 2.61 bits per heavy atom. The lowest BCUT2D eigenvalue weighted by Gasteiger charge is -2.18. The van der Waals surface area contributed by atoms with Gasteiger partial charge in [-0.15, -0.1) is 0 Å². The maximum Gasteiger partial charge on any atom is 0.222 e. The van der Waals surface area contributed by atoms with Gasteiger partial charge in [0.05, 0.1) is 6.54 Å². The fourth-order valence-corrected chi connectivity index (χ4v) is 1.89. The zero-order valence-electron chi connectivity index (χ0n) is 11.7. The number of aryl methyl sites for hydroxylation is 1. The second-order valence-corrected chi connectivity index (χ2v) is 4.36. The first kappa shape index (κ1) is 14.8. The van der Waals surface area contributed by atoms with Crippen LogP contribution in [0.4, 0.5) is 0 Å². The summed E-state index contributed by atoms with van der Waals surface area (Å²) in [6, 6.07) is 3.93. The molecule has 1 heterocycles. The van der Waals surface area contributed by atoms with Crippen LogP contribution < -0.4 is 5.32 Å². The SMILES string of the molecule is CCN(CC)C(=O)CCCNCc1ccc(C)o1. The van der Waals surface area contributed by atoms with Crippen molar-refractivity contribution in [1.29, 1.82) is 0 Å². The van der Waals surface area contributed by atoms with Crippen molar-refractivity contribution < 1.29 is 9.21 Å². The van der Waals surface area contributed by atoms with Crippen molar-refractivity contribution in [2.24, 2.45) is 0 Å². The van der Waals surface area contributed by atoms with E-state index < -0.39 is 0 Å². The van der Waals surface area contributed by atoms with Crippen LogP contribution in [0.5, 0.6) is 0 Å². The summed E-state index contributed by atoms with van der Waals surface area (Å²) in [5.41, 5.74) is 0. The predicted molar refractivity (Wildman–Crippen MR) is 72.3 cm³/mol. The molecule has 0 fully saturated rings. The third-order valence-electron chi connectivity index (χ3n) is 2.96. The average molecular weight is 252 g/mol. The summed E-state index contributed by atoms with van der Waals surface area (Å²) in [5.74, 6) is 2.13. The van der Waals surface area contributed by atoms with Gasteiger partial charge < -0.3 is 14.6 Å². The molecular weight excluding hydrogens is 228 g/mol. The molecule has 4 heteroatoms. The molecule has 1 amide bonds. The molecule has 0 bridgehead atoms. The van der Waals surface area contributed by atoms with E-state index in [0.29, 0.717) is 6.42 Å². The summed E-state index contributed by atoms with van der Waals surface area (Å²) >= 11 is 0. The third-order valence-corrected chi connectivity index (χ3v) is 2.96. The van der Waals surface area contributed by atoms with Crippen molar-refractivity contribution >= 4 is 5.91 Å².